The lowest BCUT2D eigenvalue weighted by Crippen LogP contribution is -2.31. The molecule has 156 valence electrons. The number of terminal acetylenes is 1. The standard InChI is InChI=1S/C26H19F3O2/c1-2-17-15-30-25(31-16-17)12-6-19-4-8-20(24(28)14-19)7-3-18-5-10-22-21(13-18)9-11-23(27)26(22)29/h1,4-5,8-11,13-14,17,25H,6,12,15-16H2. The number of fused-ring (bicyclic) bond motifs is 1. The summed E-state index contributed by atoms with van der Waals surface area (Å²) in [5.74, 6) is 6.06. The predicted molar refractivity (Wildman–Crippen MR) is 113 cm³/mol. The average molecular weight is 420 g/mol. The summed E-state index contributed by atoms with van der Waals surface area (Å²) in [5, 5.41) is 0.712. The van der Waals surface area contributed by atoms with Gasteiger partial charge in [0.25, 0.3) is 0 Å². The minimum Gasteiger partial charge on any atom is -0.351 e. The normalized spacial score (nSPS) is 18.3. The van der Waals surface area contributed by atoms with Crippen molar-refractivity contribution in [3.05, 3.63) is 82.7 Å². The fourth-order valence-electron chi connectivity index (χ4n) is 3.39. The van der Waals surface area contributed by atoms with Gasteiger partial charge in [-0.05, 0) is 47.7 Å². The van der Waals surface area contributed by atoms with E-state index in [4.69, 9.17) is 15.9 Å². The zero-order valence-electron chi connectivity index (χ0n) is 16.6. The van der Waals surface area contributed by atoms with E-state index in [9.17, 15) is 13.2 Å². The number of benzene rings is 3. The highest BCUT2D eigenvalue weighted by Gasteiger charge is 2.20. The molecule has 0 unspecified atom stereocenters. The molecule has 3 aromatic carbocycles. The van der Waals surface area contributed by atoms with Gasteiger partial charge in [0.2, 0.25) is 0 Å². The van der Waals surface area contributed by atoms with E-state index in [1.54, 1.807) is 18.2 Å². The van der Waals surface area contributed by atoms with Gasteiger partial charge in [0.15, 0.2) is 17.9 Å². The highest BCUT2D eigenvalue weighted by molar-refractivity contribution is 5.84. The molecule has 1 saturated heterocycles. The van der Waals surface area contributed by atoms with E-state index in [2.05, 4.69) is 17.8 Å². The third kappa shape index (κ3) is 4.91. The SMILES string of the molecule is C#CC1COC(CCc2ccc(C#Cc3ccc4c(F)c(F)ccc4c3)c(F)c2)OC1. The summed E-state index contributed by atoms with van der Waals surface area (Å²) in [6, 6.07) is 12.2. The van der Waals surface area contributed by atoms with Gasteiger partial charge in [-0.15, -0.1) is 6.42 Å². The Balaban J connectivity index is 1.42. The van der Waals surface area contributed by atoms with E-state index in [0.29, 0.717) is 37.0 Å². The maximum atomic E-state index is 14.5. The van der Waals surface area contributed by atoms with Crippen LogP contribution in [0.3, 0.4) is 0 Å². The first kappa shape index (κ1) is 21.0. The van der Waals surface area contributed by atoms with Crippen molar-refractivity contribution in [2.24, 2.45) is 5.92 Å². The smallest absolute Gasteiger partial charge is 0.166 e. The molecule has 3 aromatic rings. The molecule has 0 atom stereocenters. The van der Waals surface area contributed by atoms with Crippen LogP contribution in [0.15, 0.2) is 48.5 Å². The van der Waals surface area contributed by atoms with Crippen LogP contribution in [0.2, 0.25) is 0 Å². The van der Waals surface area contributed by atoms with Gasteiger partial charge >= 0.3 is 0 Å². The van der Waals surface area contributed by atoms with Crippen LogP contribution in [-0.2, 0) is 15.9 Å². The first-order valence-corrected chi connectivity index (χ1v) is 9.91. The zero-order valence-corrected chi connectivity index (χ0v) is 16.6. The molecule has 0 N–H and O–H groups in total. The summed E-state index contributed by atoms with van der Waals surface area (Å²) in [4.78, 5) is 0. The average Bonchev–Trinajstić information content (AvgIpc) is 2.80. The third-order valence-electron chi connectivity index (χ3n) is 5.15. The van der Waals surface area contributed by atoms with E-state index < -0.39 is 17.5 Å². The monoisotopic (exact) mass is 420 g/mol. The van der Waals surface area contributed by atoms with Gasteiger partial charge in [0.1, 0.15) is 5.82 Å². The molecule has 0 saturated carbocycles. The van der Waals surface area contributed by atoms with Crippen molar-refractivity contribution in [1.29, 1.82) is 0 Å². The maximum absolute atomic E-state index is 14.5. The number of rotatable bonds is 3. The van der Waals surface area contributed by atoms with Gasteiger partial charge in [-0.2, -0.15) is 0 Å². The number of ether oxygens (including phenoxy) is 2. The Hall–Kier alpha value is -3.25. The van der Waals surface area contributed by atoms with Crippen molar-refractivity contribution in [2.45, 2.75) is 19.1 Å². The molecule has 5 heteroatoms. The zero-order chi connectivity index (χ0) is 21.8. The van der Waals surface area contributed by atoms with Crippen LogP contribution >= 0.6 is 0 Å². The number of halogens is 3. The quantitative estimate of drug-likeness (QED) is 0.542. The van der Waals surface area contributed by atoms with E-state index >= 15 is 0 Å². The summed E-state index contributed by atoms with van der Waals surface area (Å²) in [7, 11) is 0. The van der Waals surface area contributed by atoms with E-state index in [-0.39, 0.29) is 23.2 Å². The van der Waals surface area contributed by atoms with Crippen LogP contribution < -0.4 is 0 Å². The topological polar surface area (TPSA) is 18.5 Å². The van der Waals surface area contributed by atoms with E-state index in [1.165, 1.54) is 18.2 Å². The molecule has 2 nitrogen and oxygen atoms in total. The van der Waals surface area contributed by atoms with Crippen LogP contribution in [0.1, 0.15) is 23.1 Å². The second kappa shape index (κ2) is 9.27. The van der Waals surface area contributed by atoms with Gasteiger partial charge in [-0.3, -0.25) is 0 Å². The Morgan fingerprint density at radius 3 is 2.45 bits per heavy atom. The lowest BCUT2D eigenvalue weighted by atomic mass is 10.0. The molecule has 0 bridgehead atoms. The first-order chi connectivity index (χ1) is 15.0. The lowest BCUT2D eigenvalue weighted by Gasteiger charge is -2.26. The highest BCUT2D eigenvalue weighted by atomic mass is 19.2. The molecule has 0 aromatic heterocycles. The second-order valence-corrected chi connectivity index (χ2v) is 7.36. The van der Waals surface area contributed by atoms with Crippen LogP contribution in [0.5, 0.6) is 0 Å². The third-order valence-corrected chi connectivity index (χ3v) is 5.15. The van der Waals surface area contributed by atoms with Crippen LogP contribution in [-0.4, -0.2) is 19.5 Å². The van der Waals surface area contributed by atoms with E-state index in [0.717, 1.165) is 11.6 Å². The fraction of sp³-hybridized carbons (Fsp3) is 0.231. The Kier molecular flexibility index (Phi) is 6.28. The molecule has 4 rings (SSSR count). The van der Waals surface area contributed by atoms with Gasteiger partial charge < -0.3 is 9.47 Å². The van der Waals surface area contributed by atoms with Crippen molar-refractivity contribution >= 4 is 10.8 Å². The maximum Gasteiger partial charge on any atom is 0.166 e. The second-order valence-electron chi connectivity index (χ2n) is 7.36. The summed E-state index contributed by atoms with van der Waals surface area (Å²) in [6.45, 7) is 0.945. The minimum absolute atomic E-state index is 0.0191. The van der Waals surface area contributed by atoms with Crippen molar-refractivity contribution in [3.63, 3.8) is 0 Å². The van der Waals surface area contributed by atoms with Gasteiger partial charge in [-0.1, -0.05) is 36.0 Å². The van der Waals surface area contributed by atoms with E-state index in [1.807, 2.05) is 6.07 Å². The lowest BCUT2D eigenvalue weighted by molar-refractivity contribution is -0.193. The number of aryl methyl sites for hydroxylation is 1. The predicted octanol–water partition coefficient (Wildman–Crippen LogP) is 5.21. The van der Waals surface area contributed by atoms with Crippen LogP contribution in [0, 0.1) is 47.6 Å². The Labute approximate surface area is 179 Å². The van der Waals surface area contributed by atoms with Crippen molar-refractivity contribution < 1.29 is 22.6 Å². The summed E-state index contributed by atoms with van der Waals surface area (Å²) < 4.78 is 52.7. The molecule has 0 radical (unpaired) electrons. The van der Waals surface area contributed by atoms with Gasteiger partial charge in [-0.25, -0.2) is 13.2 Å². The molecule has 0 spiro atoms. The number of hydrogen-bond acceptors (Lipinski definition) is 2. The summed E-state index contributed by atoms with van der Waals surface area (Å²) in [5.41, 5.74) is 1.66. The van der Waals surface area contributed by atoms with Gasteiger partial charge in [0.05, 0.1) is 24.7 Å². The Bertz CT molecular complexity index is 1210. The summed E-state index contributed by atoms with van der Waals surface area (Å²) >= 11 is 0. The summed E-state index contributed by atoms with van der Waals surface area (Å²) in [6.07, 6.45) is 6.22. The molecule has 0 aliphatic carbocycles. The van der Waals surface area contributed by atoms with Gasteiger partial charge in [0, 0.05) is 17.4 Å². The Morgan fingerprint density at radius 2 is 1.71 bits per heavy atom. The molecule has 1 heterocycles. The van der Waals surface area contributed by atoms with Crippen LogP contribution in [0.4, 0.5) is 13.2 Å². The molecule has 0 amide bonds. The largest absolute Gasteiger partial charge is 0.351 e. The molecule has 1 fully saturated rings. The first-order valence-electron chi connectivity index (χ1n) is 9.91. The molecular formula is C26H19F3O2. The van der Waals surface area contributed by atoms with Crippen molar-refractivity contribution in [3.8, 4) is 24.2 Å². The molecule has 31 heavy (non-hydrogen) atoms. The molecular weight excluding hydrogens is 401 g/mol. The highest BCUT2D eigenvalue weighted by Crippen LogP contribution is 2.22. The fourth-order valence-corrected chi connectivity index (χ4v) is 3.39. The molecule has 1 aliphatic heterocycles. The van der Waals surface area contributed by atoms with Crippen molar-refractivity contribution in [2.75, 3.05) is 13.2 Å². The number of hydrogen-bond donors (Lipinski definition) is 0. The molecule has 1 aliphatic rings. The Morgan fingerprint density at radius 1 is 0.903 bits per heavy atom. The minimum atomic E-state index is -0.896. The van der Waals surface area contributed by atoms with Crippen LogP contribution in [0.25, 0.3) is 10.8 Å². The van der Waals surface area contributed by atoms with Crippen molar-refractivity contribution in [1.82, 2.24) is 0 Å².